The number of methoxy groups -OCH3 is 2. The van der Waals surface area contributed by atoms with E-state index in [0.29, 0.717) is 22.7 Å². The van der Waals surface area contributed by atoms with E-state index in [4.69, 9.17) is 9.47 Å². The monoisotopic (exact) mass is 426 g/mol. The lowest BCUT2D eigenvalue weighted by atomic mass is 10.1. The molecule has 7 nitrogen and oxygen atoms in total. The SMILES string of the molecule is COc1ccc(NS(=O)(=O)c2ccc(NC(=O)c3ccc(C)cc3)cc2)c(OC)c1. The Labute approximate surface area is 175 Å². The quantitative estimate of drug-likeness (QED) is 0.594. The molecule has 0 fully saturated rings. The van der Waals surface area contributed by atoms with Crippen LogP contribution in [-0.2, 0) is 10.0 Å². The number of rotatable bonds is 7. The molecule has 0 radical (unpaired) electrons. The smallest absolute Gasteiger partial charge is 0.262 e. The Morgan fingerprint density at radius 1 is 0.867 bits per heavy atom. The Morgan fingerprint density at radius 3 is 2.13 bits per heavy atom. The van der Waals surface area contributed by atoms with Crippen molar-refractivity contribution in [3.05, 3.63) is 77.9 Å². The van der Waals surface area contributed by atoms with Crippen molar-refractivity contribution >= 4 is 27.3 Å². The van der Waals surface area contributed by atoms with Crippen LogP contribution in [0, 0.1) is 6.92 Å². The fourth-order valence-corrected chi connectivity index (χ4v) is 3.78. The van der Waals surface area contributed by atoms with Gasteiger partial charge in [-0.2, -0.15) is 0 Å². The highest BCUT2D eigenvalue weighted by molar-refractivity contribution is 7.92. The standard InChI is InChI=1S/C22H22N2O5S/c1-15-4-6-16(7-5-15)22(25)23-17-8-11-19(12-9-17)30(26,27)24-20-13-10-18(28-2)14-21(20)29-3/h4-14,24H,1-3H3,(H,23,25). The summed E-state index contributed by atoms with van der Waals surface area (Å²) in [6.07, 6.45) is 0. The summed E-state index contributed by atoms with van der Waals surface area (Å²) >= 11 is 0. The van der Waals surface area contributed by atoms with Crippen LogP contribution in [0.15, 0.2) is 71.6 Å². The Morgan fingerprint density at radius 2 is 1.53 bits per heavy atom. The first-order valence-corrected chi connectivity index (χ1v) is 10.5. The topological polar surface area (TPSA) is 93.7 Å². The lowest BCUT2D eigenvalue weighted by Crippen LogP contribution is -2.14. The number of hydrogen-bond acceptors (Lipinski definition) is 5. The van der Waals surface area contributed by atoms with Crippen LogP contribution in [0.5, 0.6) is 11.5 Å². The maximum atomic E-state index is 12.7. The van der Waals surface area contributed by atoms with Crippen LogP contribution in [0.1, 0.15) is 15.9 Å². The van der Waals surface area contributed by atoms with Gasteiger partial charge >= 0.3 is 0 Å². The van der Waals surface area contributed by atoms with E-state index in [2.05, 4.69) is 10.0 Å². The van der Waals surface area contributed by atoms with Crippen LogP contribution in [0.4, 0.5) is 11.4 Å². The van der Waals surface area contributed by atoms with Gasteiger partial charge in [-0.1, -0.05) is 17.7 Å². The summed E-state index contributed by atoms with van der Waals surface area (Å²) in [4.78, 5) is 12.4. The van der Waals surface area contributed by atoms with E-state index in [0.717, 1.165) is 5.56 Å². The molecule has 0 aliphatic rings. The Balaban J connectivity index is 1.75. The van der Waals surface area contributed by atoms with Crippen LogP contribution in [0.3, 0.4) is 0 Å². The number of hydrogen-bond donors (Lipinski definition) is 2. The van der Waals surface area contributed by atoms with Crippen molar-refractivity contribution in [3.63, 3.8) is 0 Å². The highest BCUT2D eigenvalue weighted by Crippen LogP contribution is 2.31. The third-order valence-electron chi connectivity index (χ3n) is 4.39. The van der Waals surface area contributed by atoms with E-state index in [-0.39, 0.29) is 16.5 Å². The molecule has 0 unspecified atom stereocenters. The first-order chi connectivity index (χ1) is 14.3. The van der Waals surface area contributed by atoms with Crippen molar-refractivity contribution in [1.82, 2.24) is 0 Å². The molecule has 3 aromatic carbocycles. The van der Waals surface area contributed by atoms with Crippen molar-refractivity contribution in [2.45, 2.75) is 11.8 Å². The lowest BCUT2D eigenvalue weighted by Gasteiger charge is -2.13. The van der Waals surface area contributed by atoms with Gasteiger partial charge in [-0.25, -0.2) is 8.42 Å². The Hall–Kier alpha value is -3.52. The summed E-state index contributed by atoms with van der Waals surface area (Å²) in [5.41, 5.74) is 2.35. The maximum Gasteiger partial charge on any atom is 0.262 e. The minimum absolute atomic E-state index is 0.0497. The second-order valence-electron chi connectivity index (χ2n) is 6.52. The largest absolute Gasteiger partial charge is 0.497 e. The lowest BCUT2D eigenvalue weighted by molar-refractivity contribution is 0.102. The highest BCUT2D eigenvalue weighted by atomic mass is 32.2. The maximum absolute atomic E-state index is 12.7. The molecule has 1 amide bonds. The van der Waals surface area contributed by atoms with Gasteiger partial charge in [0.25, 0.3) is 15.9 Å². The summed E-state index contributed by atoms with van der Waals surface area (Å²) in [6, 6.07) is 17.8. The van der Waals surface area contributed by atoms with Crippen LogP contribution >= 0.6 is 0 Å². The van der Waals surface area contributed by atoms with Crippen molar-refractivity contribution in [3.8, 4) is 11.5 Å². The molecular weight excluding hydrogens is 404 g/mol. The molecule has 0 aromatic heterocycles. The fraction of sp³-hybridized carbons (Fsp3) is 0.136. The molecule has 3 rings (SSSR count). The average molecular weight is 426 g/mol. The van der Waals surface area contributed by atoms with E-state index < -0.39 is 10.0 Å². The van der Waals surface area contributed by atoms with E-state index in [1.807, 2.05) is 19.1 Å². The zero-order chi connectivity index (χ0) is 21.7. The molecule has 2 N–H and O–H groups in total. The number of carbonyl (C=O) groups is 1. The number of benzene rings is 3. The fourth-order valence-electron chi connectivity index (χ4n) is 2.71. The summed E-state index contributed by atoms with van der Waals surface area (Å²) in [5.74, 6) is 0.607. The summed E-state index contributed by atoms with van der Waals surface area (Å²) in [6.45, 7) is 1.94. The first kappa shape index (κ1) is 21.2. The second kappa shape index (κ2) is 8.87. The summed E-state index contributed by atoms with van der Waals surface area (Å²) in [5, 5.41) is 2.75. The molecule has 0 heterocycles. The number of aryl methyl sites for hydroxylation is 1. The van der Waals surface area contributed by atoms with Gasteiger partial charge in [-0.05, 0) is 55.5 Å². The number of sulfonamides is 1. The van der Waals surface area contributed by atoms with Gasteiger partial charge < -0.3 is 14.8 Å². The molecule has 156 valence electrons. The van der Waals surface area contributed by atoms with Crippen LogP contribution in [0.2, 0.25) is 0 Å². The van der Waals surface area contributed by atoms with E-state index in [9.17, 15) is 13.2 Å². The molecule has 0 saturated carbocycles. The van der Waals surface area contributed by atoms with Crippen LogP contribution in [0.25, 0.3) is 0 Å². The second-order valence-corrected chi connectivity index (χ2v) is 8.20. The molecule has 0 atom stereocenters. The molecule has 0 aliphatic heterocycles. The summed E-state index contributed by atoms with van der Waals surface area (Å²) in [7, 11) is -0.897. The van der Waals surface area contributed by atoms with Crippen molar-refractivity contribution < 1.29 is 22.7 Å². The predicted molar refractivity (Wildman–Crippen MR) is 116 cm³/mol. The Bertz CT molecular complexity index is 1140. The van der Waals surface area contributed by atoms with E-state index in [1.54, 1.807) is 30.3 Å². The molecular formula is C22H22N2O5S. The first-order valence-electron chi connectivity index (χ1n) is 9.05. The van der Waals surface area contributed by atoms with Gasteiger partial charge in [0.05, 0.1) is 24.8 Å². The van der Waals surface area contributed by atoms with Gasteiger partial charge in [-0.3, -0.25) is 9.52 Å². The number of ether oxygens (including phenoxy) is 2. The van der Waals surface area contributed by atoms with Crippen molar-refractivity contribution in [1.29, 1.82) is 0 Å². The van der Waals surface area contributed by atoms with Crippen molar-refractivity contribution in [2.75, 3.05) is 24.3 Å². The van der Waals surface area contributed by atoms with Gasteiger partial charge in [0.1, 0.15) is 11.5 Å². The summed E-state index contributed by atoms with van der Waals surface area (Å²) < 4.78 is 38.3. The normalized spacial score (nSPS) is 10.9. The van der Waals surface area contributed by atoms with Gasteiger partial charge in [0, 0.05) is 17.3 Å². The number of carbonyl (C=O) groups excluding carboxylic acids is 1. The van der Waals surface area contributed by atoms with E-state index >= 15 is 0 Å². The van der Waals surface area contributed by atoms with Gasteiger partial charge in [0.2, 0.25) is 0 Å². The van der Waals surface area contributed by atoms with E-state index in [1.165, 1.54) is 38.5 Å². The Kier molecular flexibility index (Phi) is 6.27. The van der Waals surface area contributed by atoms with Crippen LogP contribution in [-0.4, -0.2) is 28.5 Å². The molecule has 0 saturated heterocycles. The number of anilines is 2. The average Bonchev–Trinajstić information content (AvgIpc) is 2.74. The minimum atomic E-state index is -3.85. The highest BCUT2D eigenvalue weighted by Gasteiger charge is 2.17. The zero-order valence-electron chi connectivity index (χ0n) is 16.8. The molecule has 3 aromatic rings. The van der Waals surface area contributed by atoms with Gasteiger partial charge in [0.15, 0.2) is 0 Å². The number of nitrogens with one attached hydrogen (secondary N) is 2. The molecule has 8 heteroatoms. The molecule has 30 heavy (non-hydrogen) atoms. The molecule has 0 bridgehead atoms. The van der Waals surface area contributed by atoms with Crippen molar-refractivity contribution in [2.24, 2.45) is 0 Å². The van der Waals surface area contributed by atoms with Crippen LogP contribution < -0.4 is 19.5 Å². The minimum Gasteiger partial charge on any atom is -0.497 e. The third kappa shape index (κ3) is 4.90. The predicted octanol–water partition coefficient (Wildman–Crippen LogP) is 4.07. The third-order valence-corrected chi connectivity index (χ3v) is 5.77. The van der Waals surface area contributed by atoms with Gasteiger partial charge in [-0.15, -0.1) is 0 Å². The molecule has 0 aliphatic carbocycles. The molecule has 0 spiro atoms. The number of amides is 1. The zero-order valence-corrected chi connectivity index (χ0v) is 17.6.